The van der Waals surface area contributed by atoms with E-state index in [2.05, 4.69) is 5.32 Å². The Bertz CT molecular complexity index is 511. The highest BCUT2D eigenvalue weighted by atomic mass is 16.5. The van der Waals surface area contributed by atoms with Gasteiger partial charge in [-0.1, -0.05) is 0 Å². The molecule has 0 aliphatic carbocycles. The van der Waals surface area contributed by atoms with Crippen molar-refractivity contribution in [2.24, 2.45) is 5.92 Å². The first-order valence-electron chi connectivity index (χ1n) is 6.68. The number of methoxy groups -OCH3 is 2. The number of anilines is 1. The summed E-state index contributed by atoms with van der Waals surface area (Å²) in [5.74, 6) is 0.106. The molecule has 0 spiro atoms. The van der Waals surface area contributed by atoms with Gasteiger partial charge in [-0.05, 0) is 25.5 Å². The number of esters is 1. The summed E-state index contributed by atoms with van der Waals surface area (Å²) in [5, 5.41) is 12.1. The maximum absolute atomic E-state index is 11.5. The van der Waals surface area contributed by atoms with E-state index in [-0.39, 0.29) is 6.61 Å². The Hall–Kier alpha value is -2.42. The zero-order chi connectivity index (χ0) is 15.7. The number of benzene rings is 1. The quantitative estimate of drug-likeness (QED) is 0.740. The number of hydrogen-bond acceptors (Lipinski definition) is 6. The number of nitrogens with zero attached hydrogens (tertiary/aromatic N) is 1. The molecule has 6 heteroatoms. The van der Waals surface area contributed by atoms with Crippen molar-refractivity contribution in [2.45, 2.75) is 13.3 Å². The second-order valence-corrected chi connectivity index (χ2v) is 4.22. The zero-order valence-corrected chi connectivity index (χ0v) is 12.5. The van der Waals surface area contributed by atoms with Gasteiger partial charge in [0.15, 0.2) is 0 Å². The van der Waals surface area contributed by atoms with E-state index < -0.39 is 11.9 Å². The van der Waals surface area contributed by atoms with Gasteiger partial charge in [0.05, 0.1) is 32.6 Å². The molecule has 1 aromatic carbocycles. The van der Waals surface area contributed by atoms with Crippen LogP contribution in [0.25, 0.3) is 0 Å². The molecule has 114 valence electrons. The number of nitriles is 1. The smallest absolute Gasteiger partial charge is 0.323 e. The van der Waals surface area contributed by atoms with Crippen LogP contribution in [0.4, 0.5) is 5.69 Å². The monoisotopic (exact) mass is 292 g/mol. The minimum atomic E-state index is -0.769. The highest BCUT2D eigenvalue weighted by molar-refractivity contribution is 5.75. The van der Waals surface area contributed by atoms with Crippen LogP contribution in [0.3, 0.4) is 0 Å². The van der Waals surface area contributed by atoms with Crippen LogP contribution in [-0.2, 0) is 9.53 Å². The van der Waals surface area contributed by atoms with Crippen LogP contribution in [0, 0.1) is 17.2 Å². The number of carbonyl (C=O) groups excluding carboxylic acids is 1. The van der Waals surface area contributed by atoms with Gasteiger partial charge in [0.2, 0.25) is 0 Å². The molecule has 0 radical (unpaired) electrons. The van der Waals surface area contributed by atoms with Gasteiger partial charge in [-0.3, -0.25) is 4.79 Å². The van der Waals surface area contributed by atoms with Crippen molar-refractivity contribution in [1.82, 2.24) is 0 Å². The fourth-order valence-corrected chi connectivity index (χ4v) is 1.78. The third-order valence-corrected chi connectivity index (χ3v) is 2.88. The lowest BCUT2D eigenvalue weighted by Crippen LogP contribution is -2.19. The first kappa shape index (κ1) is 16.6. The predicted molar refractivity (Wildman–Crippen MR) is 78.4 cm³/mol. The Morgan fingerprint density at radius 1 is 1.38 bits per heavy atom. The molecule has 1 atom stereocenters. The lowest BCUT2D eigenvalue weighted by molar-refractivity contribution is -0.146. The number of rotatable bonds is 8. The van der Waals surface area contributed by atoms with E-state index in [1.54, 1.807) is 39.3 Å². The molecular weight excluding hydrogens is 272 g/mol. The van der Waals surface area contributed by atoms with Crippen molar-refractivity contribution in [3.8, 4) is 17.6 Å². The SMILES string of the molecule is CCOC(=O)C(C#N)CCNc1cc(OC)ccc1OC. The lowest BCUT2D eigenvalue weighted by Gasteiger charge is -2.13. The van der Waals surface area contributed by atoms with Gasteiger partial charge in [0.25, 0.3) is 0 Å². The first-order valence-corrected chi connectivity index (χ1v) is 6.68. The minimum Gasteiger partial charge on any atom is -0.497 e. The molecule has 21 heavy (non-hydrogen) atoms. The van der Waals surface area contributed by atoms with Gasteiger partial charge in [-0.2, -0.15) is 5.26 Å². The Balaban J connectivity index is 2.62. The maximum atomic E-state index is 11.5. The number of hydrogen-bond donors (Lipinski definition) is 1. The van der Waals surface area contributed by atoms with Gasteiger partial charge < -0.3 is 19.5 Å². The molecule has 0 heterocycles. The Kier molecular flexibility index (Phi) is 6.88. The maximum Gasteiger partial charge on any atom is 0.323 e. The van der Waals surface area contributed by atoms with E-state index in [1.807, 2.05) is 6.07 Å². The molecule has 0 saturated carbocycles. The van der Waals surface area contributed by atoms with Crippen LogP contribution < -0.4 is 14.8 Å². The summed E-state index contributed by atoms with van der Waals surface area (Å²) >= 11 is 0. The average molecular weight is 292 g/mol. The molecule has 0 aliphatic rings. The summed E-state index contributed by atoms with van der Waals surface area (Å²) in [6.45, 7) is 2.43. The Labute approximate surface area is 124 Å². The first-order chi connectivity index (χ1) is 10.2. The van der Waals surface area contributed by atoms with Crippen molar-refractivity contribution >= 4 is 11.7 Å². The third kappa shape index (κ3) is 4.88. The second-order valence-electron chi connectivity index (χ2n) is 4.22. The largest absolute Gasteiger partial charge is 0.497 e. The molecule has 0 bridgehead atoms. The summed E-state index contributed by atoms with van der Waals surface area (Å²) in [5.41, 5.74) is 0.748. The van der Waals surface area contributed by atoms with Crippen LogP contribution >= 0.6 is 0 Å². The van der Waals surface area contributed by atoms with E-state index in [1.165, 1.54) is 0 Å². The van der Waals surface area contributed by atoms with E-state index in [9.17, 15) is 4.79 Å². The zero-order valence-electron chi connectivity index (χ0n) is 12.5. The summed E-state index contributed by atoms with van der Waals surface area (Å²) in [6, 6.07) is 7.33. The average Bonchev–Trinajstić information content (AvgIpc) is 2.51. The number of ether oxygens (including phenoxy) is 3. The predicted octanol–water partition coefficient (Wildman–Crippen LogP) is 2.21. The van der Waals surface area contributed by atoms with Crippen molar-refractivity contribution in [3.05, 3.63) is 18.2 Å². The molecule has 1 aromatic rings. The van der Waals surface area contributed by atoms with E-state index in [0.717, 1.165) is 5.69 Å². The normalized spacial score (nSPS) is 11.1. The van der Waals surface area contributed by atoms with E-state index in [0.29, 0.717) is 24.5 Å². The van der Waals surface area contributed by atoms with Gasteiger partial charge in [-0.25, -0.2) is 0 Å². The second kappa shape index (κ2) is 8.69. The van der Waals surface area contributed by atoms with Crippen LogP contribution in [0.15, 0.2) is 18.2 Å². The highest BCUT2D eigenvalue weighted by Gasteiger charge is 2.18. The summed E-state index contributed by atoms with van der Waals surface area (Å²) < 4.78 is 15.2. The van der Waals surface area contributed by atoms with Crippen molar-refractivity contribution in [2.75, 3.05) is 32.7 Å². The van der Waals surface area contributed by atoms with Gasteiger partial charge in [0, 0.05) is 12.6 Å². The Morgan fingerprint density at radius 2 is 2.14 bits per heavy atom. The Morgan fingerprint density at radius 3 is 2.71 bits per heavy atom. The molecule has 0 aromatic heterocycles. The fraction of sp³-hybridized carbons (Fsp3) is 0.467. The van der Waals surface area contributed by atoms with Crippen LogP contribution in [0.5, 0.6) is 11.5 Å². The molecule has 0 saturated heterocycles. The molecule has 1 rings (SSSR count). The van der Waals surface area contributed by atoms with Gasteiger partial charge >= 0.3 is 5.97 Å². The summed E-state index contributed by atoms with van der Waals surface area (Å²) in [6.07, 6.45) is 0.357. The van der Waals surface area contributed by atoms with E-state index >= 15 is 0 Å². The number of carbonyl (C=O) groups is 1. The third-order valence-electron chi connectivity index (χ3n) is 2.88. The van der Waals surface area contributed by atoms with Gasteiger partial charge in [0.1, 0.15) is 17.4 Å². The lowest BCUT2D eigenvalue weighted by atomic mass is 10.1. The molecule has 1 N–H and O–H groups in total. The summed E-state index contributed by atoms with van der Waals surface area (Å²) in [7, 11) is 3.15. The molecule has 0 fully saturated rings. The van der Waals surface area contributed by atoms with Crippen molar-refractivity contribution in [1.29, 1.82) is 5.26 Å². The molecule has 0 aliphatic heterocycles. The highest BCUT2D eigenvalue weighted by Crippen LogP contribution is 2.28. The van der Waals surface area contributed by atoms with Crippen LogP contribution in [0.1, 0.15) is 13.3 Å². The number of nitrogens with one attached hydrogen (secondary N) is 1. The molecule has 6 nitrogen and oxygen atoms in total. The topological polar surface area (TPSA) is 80.6 Å². The molecular formula is C15H20N2O4. The van der Waals surface area contributed by atoms with E-state index in [4.69, 9.17) is 19.5 Å². The van der Waals surface area contributed by atoms with Crippen molar-refractivity contribution < 1.29 is 19.0 Å². The standard InChI is InChI=1S/C15H20N2O4/c1-4-21-15(18)11(10-16)7-8-17-13-9-12(19-2)5-6-14(13)20-3/h5-6,9,11,17H,4,7-8H2,1-3H3. The van der Waals surface area contributed by atoms with Crippen LogP contribution in [0.2, 0.25) is 0 Å². The van der Waals surface area contributed by atoms with Gasteiger partial charge in [-0.15, -0.1) is 0 Å². The molecule has 0 amide bonds. The fourth-order valence-electron chi connectivity index (χ4n) is 1.78. The van der Waals surface area contributed by atoms with Crippen molar-refractivity contribution in [3.63, 3.8) is 0 Å². The summed E-state index contributed by atoms with van der Waals surface area (Å²) in [4.78, 5) is 11.5. The van der Waals surface area contributed by atoms with Crippen LogP contribution in [-0.4, -0.2) is 33.3 Å². The molecule has 1 unspecified atom stereocenters. The minimum absolute atomic E-state index is 0.272.